The molecule has 4 rings (SSSR count). The van der Waals surface area contributed by atoms with E-state index in [1.807, 2.05) is 6.07 Å². The predicted octanol–water partition coefficient (Wildman–Crippen LogP) is 5.43. The van der Waals surface area contributed by atoms with Gasteiger partial charge in [0.2, 0.25) is 5.91 Å². The van der Waals surface area contributed by atoms with Crippen molar-refractivity contribution in [1.29, 1.82) is 0 Å². The zero-order chi connectivity index (χ0) is 22.7. The second-order valence-electron chi connectivity index (χ2n) is 7.60. The maximum absolute atomic E-state index is 13.4. The van der Waals surface area contributed by atoms with Gasteiger partial charge in [0, 0.05) is 23.0 Å². The topological polar surface area (TPSA) is 80.3 Å². The van der Waals surface area contributed by atoms with Crippen molar-refractivity contribution < 1.29 is 18.7 Å². The van der Waals surface area contributed by atoms with E-state index in [9.17, 15) is 14.0 Å². The van der Waals surface area contributed by atoms with Crippen LogP contribution in [0.2, 0.25) is 10.0 Å². The third-order valence-electron chi connectivity index (χ3n) is 5.30. The first kappa shape index (κ1) is 22.8. The minimum absolute atomic E-state index is 0.00451. The second-order valence-corrected chi connectivity index (χ2v) is 9.48. The molecule has 10 heteroatoms. The van der Waals surface area contributed by atoms with Crippen LogP contribution in [-0.2, 0) is 9.59 Å². The molecular weight excluding hydrogens is 476 g/mol. The molecule has 0 radical (unpaired) electrons. The van der Waals surface area contributed by atoms with Crippen molar-refractivity contribution in [2.45, 2.75) is 31.7 Å². The van der Waals surface area contributed by atoms with Crippen molar-refractivity contribution in [2.24, 2.45) is 5.92 Å². The fraction of sp³-hybridized carbons (Fsp3) is 0.318. The van der Waals surface area contributed by atoms with Gasteiger partial charge >= 0.3 is 0 Å². The van der Waals surface area contributed by atoms with Crippen molar-refractivity contribution in [1.82, 2.24) is 10.3 Å². The van der Waals surface area contributed by atoms with E-state index in [1.54, 1.807) is 12.1 Å². The lowest BCUT2D eigenvalue weighted by atomic mass is 9.85. The highest BCUT2D eigenvalue weighted by Gasteiger charge is 2.27. The Morgan fingerprint density at radius 2 is 1.91 bits per heavy atom. The zero-order valence-corrected chi connectivity index (χ0v) is 19.2. The molecule has 0 unspecified atom stereocenters. The third-order valence-corrected chi connectivity index (χ3v) is 6.80. The summed E-state index contributed by atoms with van der Waals surface area (Å²) in [5.41, 5.74) is 0.757. The molecule has 2 aromatic carbocycles. The third kappa shape index (κ3) is 5.68. The lowest BCUT2D eigenvalue weighted by Gasteiger charge is -2.28. The highest BCUT2D eigenvalue weighted by Crippen LogP contribution is 2.30. The van der Waals surface area contributed by atoms with Crippen LogP contribution in [0.1, 0.15) is 25.7 Å². The molecule has 168 valence electrons. The maximum atomic E-state index is 13.4. The molecule has 6 nitrogen and oxygen atoms in total. The molecule has 0 bridgehead atoms. The Hall–Kier alpha value is -2.42. The second kappa shape index (κ2) is 10.0. The number of fused-ring (bicyclic) bond motifs is 1. The van der Waals surface area contributed by atoms with Crippen LogP contribution >= 0.6 is 34.5 Å². The van der Waals surface area contributed by atoms with Crippen LogP contribution in [0, 0.1) is 11.7 Å². The molecule has 1 heterocycles. The van der Waals surface area contributed by atoms with E-state index in [-0.39, 0.29) is 41.2 Å². The Kier molecular flexibility index (Phi) is 7.13. The van der Waals surface area contributed by atoms with Gasteiger partial charge in [-0.25, -0.2) is 9.37 Å². The summed E-state index contributed by atoms with van der Waals surface area (Å²) >= 11 is 13.0. The average Bonchev–Trinajstić information content (AvgIpc) is 3.16. The van der Waals surface area contributed by atoms with Gasteiger partial charge in [-0.05, 0) is 56.0 Å². The number of hydrogen-bond acceptors (Lipinski definition) is 5. The summed E-state index contributed by atoms with van der Waals surface area (Å²) in [4.78, 5) is 29.2. The van der Waals surface area contributed by atoms with Gasteiger partial charge in [-0.2, -0.15) is 0 Å². The number of ether oxygens (including phenoxy) is 1. The lowest BCUT2D eigenvalue weighted by Crippen LogP contribution is -2.41. The van der Waals surface area contributed by atoms with Gasteiger partial charge in [-0.15, -0.1) is 0 Å². The van der Waals surface area contributed by atoms with Gasteiger partial charge in [0.15, 0.2) is 11.7 Å². The van der Waals surface area contributed by atoms with E-state index < -0.39 is 5.82 Å². The molecule has 3 aromatic rings. The van der Waals surface area contributed by atoms with Gasteiger partial charge < -0.3 is 15.4 Å². The standard InChI is InChI=1S/C22H20Cl2FN3O3S/c23-13-3-8-19-18(9-13)27-22(32-19)28-21(30)12-1-4-14(5-2-12)26-20(29)11-31-15-6-7-16(24)17(25)10-15/h3,6-10,12,14H,1-2,4-5,11H2,(H,26,29)(H,27,28,30)/t12-,14-. The molecule has 2 N–H and O–H groups in total. The zero-order valence-electron chi connectivity index (χ0n) is 16.9. The van der Waals surface area contributed by atoms with E-state index in [1.165, 1.54) is 23.5 Å². The summed E-state index contributed by atoms with van der Waals surface area (Å²) in [6.45, 7) is -0.219. The van der Waals surface area contributed by atoms with E-state index in [4.69, 9.17) is 27.9 Å². The molecule has 0 saturated heterocycles. The van der Waals surface area contributed by atoms with Crippen molar-refractivity contribution in [3.63, 3.8) is 0 Å². The fourth-order valence-corrected chi connectivity index (χ4v) is 4.78. The molecule has 2 amide bonds. The van der Waals surface area contributed by atoms with Crippen LogP contribution in [-0.4, -0.2) is 29.4 Å². The van der Waals surface area contributed by atoms with Crippen LogP contribution in [0.3, 0.4) is 0 Å². The minimum Gasteiger partial charge on any atom is -0.484 e. The molecular formula is C22H20Cl2FN3O3S. The predicted molar refractivity (Wildman–Crippen MR) is 124 cm³/mol. The quantitative estimate of drug-likeness (QED) is 0.477. The van der Waals surface area contributed by atoms with E-state index >= 15 is 0 Å². The first-order valence-corrected chi connectivity index (χ1v) is 11.7. The summed E-state index contributed by atoms with van der Waals surface area (Å²) in [6, 6.07) is 9.43. The molecule has 0 atom stereocenters. The smallest absolute Gasteiger partial charge is 0.258 e. The van der Waals surface area contributed by atoms with Gasteiger partial charge in [-0.1, -0.05) is 34.5 Å². The molecule has 1 fully saturated rings. The minimum atomic E-state index is -0.601. The SMILES string of the molecule is O=C(COc1ccc(Cl)c(F)c1)N[C@H]1CC[C@H](C(=O)Nc2nc3cc(Cl)ccc3s2)CC1. The van der Waals surface area contributed by atoms with E-state index in [0.29, 0.717) is 35.8 Å². The number of carbonyl (C=O) groups is 2. The Morgan fingerprint density at radius 1 is 1.12 bits per heavy atom. The monoisotopic (exact) mass is 495 g/mol. The van der Waals surface area contributed by atoms with Crippen LogP contribution in [0.4, 0.5) is 9.52 Å². The van der Waals surface area contributed by atoms with Gasteiger partial charge in [0.1, 0.15) is 11.6 Å². The number of amides is 2. The van der Waals surface area contributed by atoms with Gasteiger partial charge in [0.25, 0.3) is 5.91 Å². The highest BCUT2D eigenvalue weighted by molar-refractivity contribution is 7.22. The van der Waals surface area contributed by atoms with Crippen LogP contribution in [0.5, 0.6) is 5.75 Å². The molecule has 1 aromatic heterocycles. The van der Waals surface area contributed by atoms with Crippen molar-refractivity contribution in [2.75, 3.05) is 11.9 Å². The summed E-state index contributed by atoms with van der Waals surface area (Å²) in [7, 11) is 0. The van der Waals surface area contributed by atoms with Gasteiger partial charge in [0.05, 0.1) is 15.2 Å². The fourth-order valence-electron chi connectivity index (χ4n) is 3.65. The number of rotatable bonds is 6. The number of aromatic nitrogens is 1. The Balaban J connectivity index is 1.22. The molecule has 1 aliphatic carbocycles. The highest BCUT2D eigenvalue weighted by atomic mass is 35.5. The number of hydrogen-bond donors (Lipinski definition) is 2. The largest absolute Gasteiger partial charge is 0.484 e. The Labute approximate surface area is 198 Å². The number of thiazole rings is 1. The normalized spacial score (nSPS) is 18.3. The summed E-state index contributed by atoms with van der Waals surface area (Å²) in [5, 5.41) is 6.96. The van der Waals surface area contributed by atoms with Crippen LogP contribution in [0.15, 0.2) is 36.4 Å². The number of nitrogens with zero attached hydrogens (tertiary/aromatic N) is 1. The average molecular weight is 496 g/mol. The lowest BCUT2D eigenvalue weighted by molar-refractivity contribution is -0.124. The summed E-state index contributed by atoms with van der Waals surface area (Å²) in [5.74, 6) is -0.850. The number of benzene rings is 2. The van der Waals surface area contributed by atoms with Crippen LogP contribution < -0.4 is 15.4 Å². The first-order chi connectivity index (χ1) is 15.4. The maximum Gasteiger partial charge on any atom is 0.258 e. The summed E-state index contributed by atoms with van der Waals surface area (Å²) < 4.78 is 19.7. The Bertz CT molecular complexity index is 1150. The molecule has 0 spiro atoms. The van der Waals surface area contributed by atoms with Crippen molar-refractivity contribution in [3.05, 3.63) is 52.3 Å². The first-order valence-electron chi connectivity index (χ1n) is 10.1. The molecule has 0 aliphatic heterocycles. The van der Waals surface area contributed by atoms with Crippen molar-refractivity contribution >= 4 is 61.7 Å². The van der Waals surface area contributed by atoms with Crippen molar-refractivity contribution in [3.8, 4) is 5.75 Å². The molecule has 1 aliphatic rings. The number of carbonyl (C=O) groups excluding carboxylic acids is 2. The summed E-state index contributed by atoms with van der Waals surface area (Å²) in [6.07, 6.45) is 2.71. The van der Waals surface area contributed by atoms with E-state index in [2.05, 4.69) is 15.6 Å². The van der Waals surface area contributed by atoms with Crippen LogP contribution in [0.25, 0.3) is 10.2 Å². The molecule has 1 saturated carbocycles. The Morgan fingerprint density at radius 3 is 2.66 bits per heavy atom. The van der Waals surface area contributed by atoms with E-state index in [0.717, 1.165) is 16.3 Å². The number of anilines is 1. The molecule has 32 heavy (non-hydrogen) atoms. The number of halogens is 3. The van der Waals surface area contributed by atoms with Gasteiger partial charge in [-0.3, -0.25) is 9.59 Å². The number of nitrogens with one attached hydrogen (secondary N) is 2.